The van der Waals surface area contributed by atoms with Crippen LogP contribution in [0.15, 0.2) is 66.7 Å². The van der Waals surface area contributed by atoms with Gasteiger partial charge in [0.25, 0.3) is 11.8 Å². The van der Waals surface area contributed by atoms with E-state index in [1.165, 1.54) is 30.3 Å². The molecule has 14 nitrogen and oxygen atoms in total. The van der Waals surface area contributed by atoms with Gasteiger partial charge in [0.2, 0.25) is 0 Å². The molecule has 0 spiro atoms. The van der Waals surface area contributed by atoms with Crippen LogP contribution in [0.5, 0.6) is 11.5 Å². The molecule has 6 aromatic rings. The van der Waals surface area contributed by atoms with Crippen LogP contribution >= 0.6 is 0 Å². The normalized spacial score (nSPS) is 17.4. The number of sulfone groups is 2. The van der Waals surface area contributed by atoms with Gasteiger partial charge in [-0.25, -0.2) is 26.2 Å². The van der Waals surface area contributed by atoms with E-state index >= 15 is 0 Å². The Bertz CT molecular complexity index is 3160. The molecule has 0 radical (unpaired) electrons. The summed E-state index contributed by atoms with van der Waals surface area (Å²) < 4.78 is 115. The van der Waals surface area contributed by atoms with Crippen molar-refractivity contribution in [2.24, 2.45) is 0 Å². The number of amides is 2. The van der Waals surface area contributed by atoms with E-state index in [1.54, 1.807) is 73.5 Å². The molecule has 2 aliphatic heterocycles. The number of carbonyl (C=O) groups excluding carboxylic acids is 2. The molecule has 1 unspecified atom stereocenters. The number of alkyl halides is 4. The number of fused-ring (bicyclic) bond motifs is 2. The molecule has 350 valence electrons. The lowest BCUT2D eigenvalue weighted by Crippen LogP contribution is -2.63. The maximum Gasteiger partial charge on any atom is 0.387 e. The Morgan fingerprint density at radius 3 is 1.85 bits per heavy atom. The van der Waals surface area contributed by atoms with Gasteiger partial charge < -0.3 is 20.1 Å². The number of carbonyl (C=O) groups is 2. The lowest BCUT2D eigenvalue weighted by molar-refractivity contribution is -0.0505. The third kappa shape index (κ3) is 9.21. The fourth-order valence-corrected chi connectivity index (χ4v) is 13.3. The number of hydrogen-bond acceptors (Lipinski definition) is 10. The number of aromatic nitrogens is 4. The monoisotopic (exact) mass is 952 g/mol. The average molecular weight is 953 g/mol. The van der Waals surface area contributed by atoms with Gasteiger partial charge in [-0.3, -0.25) is 9.59 Å². The largest absolute Gasteiger partial charge is 0.435 e. The third-order valence-corrected chi connectivity index (χ3v) is 16.2. The predicted octanol–water partition coefficient (Wildman–Crippen LogP) is 7.49. The lowest BCUT2D eigenvalue weighted by atomic mass is 9.93. The van der Waals surface area contributed by atoms with Crippen molar-refractivity contribution in [2.75, 3.05) is 23.0 Å². The van der Waals surface area contributed by atoms with Crippen molar-refractivity contribution < 1.29 is 53.5 Å². The highest BCUT2D eigenvalue weighted by atomic mass is 32.2. The van der Waals surface area contributed by atoms with Gasteiger partial charge in [-0.15, -0.1) is 0 Å². The fraction of sp³-hybridized carbons (Fsp3) is 0.391. The molecular weight excluding hydrogens is 905 g/mol. The van der Waals surface area contributed by atoms with Gasteiger partial charge in [-0.2, -0.15) is 27.8 Å². The summed E-state index contributed by atoms with van der Waals surface area (Å²) in [6, 6.07) is 17.4. The molecular formula is C46H48F4N6O8S2. The zero-order valence-electron chi connectivity index (χ0n) is 37.1. The van der Waals surface area contributed by atoms with Gasteiger partial charge in [0.15, 0.2) is 19.7 Å². The Balaban J connectivity index is 1.20. The number of aryl methyl sites for hydroxylation is 2. The summed E-state index contributed by atoms with van der Waals surface area (Å²) >= 11 is 0. The molecule has 4 heterocycles. The number of hydrogen-bond donors (Lipinski definition) is 2. The maximum atomic E-state index is 13.9. The summed E-state index contributed by atoms with van der Waals surface area (Å²) in [5.74, 6) is -2.58. The van der Waals surface area contributed by atoms with Crippen LogP contribution < -0.4 is 20.1 Å². The van der Waals surface area contributed by atoms with Crippen LogP contribution in [0.3, 0.4) is 0 Å². The maximum absolute atomic E-state index is 13.9. The number of nitrogens with zero attached hydrogens (tertiary/aromatic N) is 4. The lowest BCUT2D eigenvalue weighted by Gasteiger charge is -2.38. The molecule has 2 N–H and O–H groups in total. The predicted molar refractivity (Wildman–Crippen MR) is 240 cm³/mol. The molecule has 20 heteroatoms. The first-order chi connectivity index (χ1) is 30.8. The van der Waals surface area contributed by atoms with Gasteiger partial charge in [0.1, 0.15) is 11.5 Å². The van der Waals surface area contributed by atoms with Gasteiger partial charge in [-0.1, -0.05) is 26.8 Å². The van der Waals surface area contributed by atoms with E-state index < -0.39 is 61.7 Å². The number of ether oxygens (including phenoxy) is 2. The molecule has 1 atom stereocenters. The first kappa shape index (κ1) is 46.5. The van der Waals surface area contributed by atoms with Gasteiger partial charge in [0, 0.05) is 39.9 Å². The topological polar surface area (TPSA) is 181 Å². The molecule has 8 rings (SSSR count). The van der Waals surface area contributed by atoms with Crippen LogP contribution in [-0.4, -0.2) is 95.5 Å². The van der Waals surface area contributed by atoms with Crippen molar-refractivity contribution in [3.8, 4) is 22.9 Å². The SMILES string of the molecule is Cc1cc2c(cc1C(=O)NC1(C)CS(=O)(=O)C1)c(C(C)Cc1cc(OC(F)F)cc(-n3nc(C(C)C)c4c(C)c(C(=O)NC5(C)CS(=O)(=O)C5)ccc43)c1)nn2-c1cccc(OC(F)F)c1. The summed E-state index contributed by atoms with van der Waals surface area (Å²) in [6.07, 6.45) is 0.188. The minimum absolute atomic E-state index is 0.109. The summed E-state index contributed by atoms with van der Waals surface area (Å²) in [4.78, 5) is 27.4. The van der Waals surface area contributed by atoms with E-state index in [2.05, 4.69) is 15.4 Å². The van der Waals surface area contributed by atoms with Crippen LogP contribution in [0.4, 0.5) is 17.6 Å². The molecule has 0 bridgehead atoms. The second-order valence-electron chi connectivity index (χ2n) is 18.4. The Hall–Kier alpha value is -6.02. The third-order valence-electron chi connectivity index (χ3n) is 11.9. The summed E-state index contributed by atoms with van der Waals surface area (Å²) in [6.45, 7) is 6.30. The summed E-state index contributed by atoms with van der Waals surface area (Å²) in [5, 5.41) is 16.8. The zero-order valence-corrected chi connectivity index (χ0v) is 38.7. The molecule has 4 aromatic carbocycles. The van der Waals surface area contributed by atoms with Gasteiger partial charge in [-0.05, 0) is 105 Å². The molecule has 2 saturated heterocycles. The quantitative estimate of drug-likeness (QED) is 0.104. The Morgan fingerprint density at radius 2 is 1.26 bits per heavy atom. The Labute approximate surface area is 378 Å². The van der Waals surface area contributed by atoms with E-state index in [4.69, 9.17) is 14.9 Å². The standard InChI is InChI=1S/C46H48F4N6O8S2/c1-24(2)39-38-27(5)33(41(57)51-45(6)20-65(59,60)21-45)11-12-36(38)56(53-39)30-15-28(16-32(18-30)64-44(49)50)13-26(4)40-35-19-34(42(58)52-46(7)22-66(61,62)23-46)25(3)14-37(35)55(54-40)29-9-8-10-31(17-29)63-43(47)48/h8-12,14-19,24,26,43-44H,13,20-23H2,1-7H3,(H,51,57)(H,52,58). The van der Waals surface area contributed by atoms with Crippen LogP contribution in [0.2, 0.25) is 0 Å². The molecule has 2 amide bonds. The number of halogens is 4. The highest BCUT2D eigenvalue weighted by Gasteiger charge is 2.47. The van der Waals surface area contributed by atoms with E-state index in [9.17, 15) is 44.0 Å². The summed E-state index contributed by atoms with van der Waals surface area (Å²) in [7, 11) is -6.51. The van der Waals surface area contributed by atoms with Crippen LogP contribution in [0.1, 0.15) is 95.2 Å². The minimum atomic E-state index is -3.28. The fourth-order valence-electron chi connectivity index (χ4n) is 9.33. The van der Waals surface area contributed by atoms with E-state index in [-0.39, 0.29) is 52.4 Å². The van der Waals surface area contributed by atoms with Gasteiger partial charge >= 0.3 is 13.2 Å². The smallest absolute Gasteiger partial charge is 0.387 e. The highest BCUT2D eigenvalue weighted by molar-refractivity contribution is 7.93. The Morgan fingerprint density at radius 1 is 0.697 bits per heavy atom. The van der Waals surface area contributed by atoms with Crippen LogP contribution in [0, 0.1) is 13.8 Å². The molecule has 2 fully saturated rings. The van der Waals surface area contributed by atoms with Crippen LogP contribution in [0.25, 0.3) is 33.2 Å². The molecule has 0 saturated carbocycles. The second-order valence-corrected chi connectivity index (χ2v) is 22.5. The summed E-state index contributed by atoms with van der Waals surface area (Å²) in [5.41, 5.74) is 3.37. The van der Waals surface area contributed by atoms with Crippen molar-refractivity contribution in [3.05, 3.63) is 106 Å². The van der Waals surface area contributed by atoms with E-state index in [0.29, 0.717) is 66.8 Å². The van der Waals surface area contributed by atoms with Gasteiger partial charge in [0.05, 0.1) is 67.9 Å². The second kappa shape index (κ2) is 16.7. The first-order valence-electron chi connectivity index (χ1n) is 21.1. The van der Waals surface area contributed by atoms with Crippen molar-refractivity contribution in [3.63, 3.8) is 0 Å². The van der Waals surface area contributed by atoms with Crippen molar-refractivity contribution in [1.82, 2.24) is 30.2 Å². The molecule has 2 aromatic heterocycles. The first-order valence-corrected chi connectivity index (χ1v) is 24.7. The van der Waals surface area contributed by atoms with E-state index in [1.807, 2.05) is 20.8 Å². The molecule has 66 heavy (non-hydrogen) atoms. The zero-order chi connectivity index (χ0) is 47.8. The Kier molecular flexibility index (Phi) is 11.8. The molecule has 0 aliphatic carbocycles. The number of benzene rings is 4. The van der Waals surface area contributed by atoms with Crippen LogP contribution in [-0.2, 0) is 26.1 Å². The number of nitrogens with one attached hydrogen (secondary N) is 2. The highest BCUT2D eigenvalue weighted by Crippen LogP contribution is 2.37. The average Bonchev–Trinajstić information content (AvgIpc) is 3.75. The van der Waals surface area contributed by atoms with E-state index in [0.717, 1.165) is 0 Å². The number of rotatable bonds is 14. The molecule has 2 aliphatic rings. The van der Waals surface area contributed by atoms with Crippen molar-refractivity contribution in [2.45, 2.75) is 91.0 Å². The minimum Gasteiger partial charge on any atom is -0.435 e. The van der Waals surface area contributed by atoms with Crippen molar-refractivity contribution >= 4 is 53.3 Å². The van der Waals surface area contributed by atoms with Crippen molar-refractivity contribution in [1.29, 1.82) is 0 Å².